The minimum atomic E-state index is 0.195. The molecule has 0 aliphatic carbocycles. The summed E-state index contributed by atoms with van der Waals surface area (Å²) >= 11 is 3.42. The predicted octanol–water partition coefficient (Wildman–Crippen LogP) is 3.98. The van der Waals surface area contributed by atoms with Crippen LogP contribution in [0, 0.1) is 0 Å². The van der Waals surface area contributed by atoms with E-state index in [4.69, 9.17) is 0 Å². The van der Waals surface area contributed by atoms with Gasteiger partial charge < -0.3 is 5.11 Å². The molecule has 2 rings (SSSR count). The number of aromatic hydroxyl groups is 1. The molecule has 1 N–H and O–H groups in total. The van der Waals surface area contributed by atoms with Crippen LogP contribution in [0.5, 0.6) is 5.75 Å². The van der Waals surface area contributed by atoms with Crippen LogP contribution in [-0.4, -0.2) is 11.4 Å². The Balaban J connectivity index is 2.20. The Bertz CT molecular complexity index is 600. The van der Waals surface area contributed by atoms with E-state index >= 15 is 0 Å². The first-order chi connectivity index (χ1) is 9.19. The van der Waals surface area contributed by atoms with Crippen molar-refractivity contribution in [1.29, 1.82) is 0 Å². The maximum absolute atomic E-state index is 11.1. The van der Waals surface area contributed by atoms with Gasteiger partial charge in [-0.05, 0) is 41.8 Å². The lowest BCUT2D eigenvalue weighted by atomic mass is 10.0. The molecule has 0 aromatic heterocycles. The quantitative estimate of drug-likeness (QED) is 0.684. The average Bonchev–Trinajstić information content (AvgIpc) is 2.41. The van der Waals surface area contributed by atoms with E-state index in [9.17, 15) is 9.90 Å². The molecule has 0 aliphatic rings. The summed E-state index contributed by atoms with van der Waals surface area (Å²) in [6.45, 7) is 0. The van der Waals surface area contributed by atoms with Crippen LogP contribution in [0.3, 0.4) is 0 Å². The minimum Gasteiger partial charge on any atom is -0.508 e. The van der Waals surface area contributed by atoms with Gasteiger partial charge in [-0.25, -0.2) is 0 Å². The molecule has 0 aliphatic heterocycles. The second kappa shape index (κ2) is 6.34. The Kier molecular flexibility index (Phi) is 4.53. The normalized spacial score (nSPS) is 11.3. The fraction of sp³-hybridized carbons (Fsp3) is 0.0625. The van der Waals surface area contributed by atoms with Gasteiger partial charge >= 0.3 is 0 Å². The third-order valence-corrected chi connectivity index (χ3v) is 3.27. The van der Waals surface area contributed by atoms with Gasteiger partial charge in [0.1, 0.15) is 12.0 Å². The molecule has 2 nitrogen and oxygen atoms in total. The number of hydrogen-bond acceptors (Lipinski definition) is 2. The van der Waals surface area contributed by atoms with Crippen LogP contribution in [0.15, 0.2) is 59.1 Å². The van der Waals surface area contributed by atoms with Crippen LogP contribution in [-0.2, 0) is 11.2 Å². The predicted molar refractivity (Wildman–Crippen MR) is 80.0 cm³/mol. The number of aldehydes is 1. The highest BCUT2D eigenvalue weighted by Crippen LogP contribution is 2.18. The van der Waals surface area contributed by atoms with Crippen molar-refractivity contribution in [2.75, 3.05) is 0 Å². The molecule has 0 heterocycles. The van der Waals surface area contributed by atoms with Gasteiger partial charge in [-0.2, -0.15) is 0 Å². The molecule has 2 aromatic carbocycles. The third-order valence-electron chi connectivity index (χ3n) is 2.77. The summed E-state index contributed by atoms with van der Waals surface area (Å²) < 4.78 is 1.02. The van der Waals surface area contributed by atoms with E-state index in [2.05, 4.69) is 15.9 Å². The van der Waals surface area contributed by atoms with Crippen molar-refractivity contribution in [3.05, 3.63) is 70.2 Å². The second-order valence-electron chi connectivity index (χ2n) is 4.16. The monoisotopic (exact) mass is 316 g/mol. The number of phenolic OH excluding ortho intramolecular Hbond substituents is 1. The van der Waals surface area contributed by atoms with E-state index in [1.807, 2.05) is 30.3 Å². The summed E-state index contributed by atoms with van der Waals surface area (Å²) in [7, 11) is 0. The number of halogens is 1. The van der Waals surface area contributed by atoms with Crippen LogP contribution in [0.25, 0.3) is 5.57 Å². The Hall–Kier alpha value is -1.87. The molecule has 0 bridgehead atoms. The van der Waals surface area contributed by atoms with Crippen LogP contribution < -0.4 is 0 Å². The van der Waals surface area contributed by atoms with Crippen molar-refractivity contribution in [2.45, 2.75) is 6.42 Å². The van der Waals surface area contributed by atoms with Crippen LogP contribution in [0.1, 0.15) is 11.1 Å². The van der Waals surface area contributed by atoms with Gasteiger partial charge in [0, 0.05) is 10.0 Å². The molecule has 0 unspecified atom stereocenters. The van der Waals surface area contributed by atoms with Crippen LogP contribution in [0.4, 0.5) is 0 Å². The van der Waals surface area contributed by atoms with Crippen LogP contribution in [0.2, 0.25) is 0 Å². The zero-order valence-corrected chi connectivity index (χ0v) is 11.8. The van der Waals surface area contributed by atoms with Gasteiger partial charge in [-0.1, -0.05) is 46.3 Å². The van der Waals surface area contributed by atoms with E-state index in [1.165, 1.54) is 0 Å². The lowest BCUT2D eigenvalue weighted by Crippen LogP contribution is -1.88. The third kappa shape index (κ3) is 3.80. The van der Waals surface area contributed by atoms with E-state index in [-0.39, 0.29) is 5.75 Å². The number of allylic oxidation sites excluding steroid dienone is 2. The first-order valence-electron chi connectivity index (χ1n) is 5.88. The highest BCUT2D eigenvalue weighted by molar-refractivity contribution is 9.10. The van der Waals surface area contributed by atoms with Crippen molar-refractivity contribution in [3.8, 4) is 5.75 Å². The number of carbonyl (C=O) groups excluding carboxylic acids is 1. The van der Waals surface area contributed by atoms with Crippen molar-refractivity contribution in [3.63, 3.8) is 0 Å². The molecular weight excluding hydrogens is 304 g/mol. The lowest BCUT2D eigenvalue weighted by Gasteiger charge is -2.02. The molecule has 96 valence electrons. The number of carbonyl (C=O) groups is 1. The standard InChI is InChI=1S/C16H13BrO2/c17-15-3-1-2-12(10-15)4-5-14(11-18)13-6-8-16(19)9-7-13/h1-3,5-11,19H,4H2. The Morgan fingerprint density at radius 2 is 1.89 bits per heavy atom. The van der Waals surface area contributed by atoms with E-state index < -0.39 is 0 Å². The van der Waals surface area contributed by atoms with Gasteiger partial charge in [0.25, 0.3) is 0 Å². The summed E-state index contributed by atoms with van der Waals surface area (Å²) in [6, 6.07) is 14.6. The summed E-state index contributed by atoms with van der Waals surface area (Å²) in [6.07, 6.45) is 3.42. The molecule has 3 heteroatoms. The number of hydrogen-bond donors (Lipinski definition) is 1. The SMILES string of the molecule is O=CC(=CCc1cccc(Br)c1)c1ccc(O)cc1. The largest absolute Gasteiger partial charge is 0.508 e. The van der Waals surface area contributed by atoms with E-state index in [0.717, 1.165) is 21.9 Å². The van der Waals surface area contributed by atoms with Gasteiger partial charge in [0.05, 0.1) is 0 Å². The molecule has 0 atom stereocenters. The fourth-order valence-electron chi connectivity index (χ4n) is 1.78. The number of benzene rings is 2. The Morgan fingerprint density at radius 3 is 2.53 bits per heavy atom. The van der Waals surface area contributed by atoms with Gasteiger partial charge in [-0.3, -0.25) is 4.79 Å². The molecular formula is C16H13BrO2. The zero-order chi connectivity index (χ0) is 13.7. The van der Waals surface area contributed by atoms with Crippen molar-refractivity contribution >= 4 is 27.8 Å². The molecule has 19 heavy (non-hydrogen) atoms. The maximum Gasteiger partial charge on any atom is 0.150 e. The smallest absolute Gasteiger partial charge is 0.150 e. The summed E-state index contributed by atoms with van der Waals surface area (Å²) in [4.78, 5) is 11.1. The first kappa shape index (κ1) is 13.6. The molecule has 2 aromatic rings. The summed E-state index contributed by atoms with van der Waals surface area (Å²) in [5, 5.41) is 9.24. The number of rotatable bonds is 4. The molecule has 0 amide bonds. The molecule has 0 spiro atoms. The first-order valence-corrected chi connectivity index (χ1v) is 6.67. The second-order valence-corrected chi connectivity index (χ2v) is 5.07. The van der Waals surface area contributed by atoms with Crippen LogP contribution >= 0.6 is 15.9 Å². The van der Waals surface area contributed by atoms with Crippen molar-refractivity contribution < 1.29 is 9.90 Å². The Morgan fingerprint density at radius 1 is 1.16 bits per heavy atom. The van der Waals surface area contributed by atoms with Gasteiger partial charge in [0.15, 0.2) is 0 Å². The molecule has 0 radical (unpaired) electrons. The van der Waals surface area contributed by atoms with Crippen molar-refractivity contribution in [1.82, 2.24) is 0 Å². The highest BCUT2D eigenvalue weighted by Gasteiger charge is 2.00. The average molecular weight is 317 g/mol. The highest BCUT2D eigenvalue weighted by atomic mass is 79.9. The maximum atomic E-state index is 11.1. The van der Waals surface area contributed by atoms with E-state index in [0.29, 0.717) is 12.0 Å². The summed E-state index contributed by atoms with van der Waals surface area (Å²) in [5.41, 5.74) is 2.57. The van der Waals surface area contributed by atoms with Crippen molar-refractivity contribution in [2.24, 2.45) is 0 Å². The van der Waals surface area contributed by atoms with Gasteiger partial charge in [0.2, 0.25) is 0 Å². The minimum absolute atomic E-state index is 0.195. The fourth-order valence-corrected chi connectivity index (χ4v) is 2.23. The summed E-state index contributed by atoms with van der Waals surface area (Å²) in [5.74, 6) is 0.195. The molecule has 0 saturated carbocycles. The van der Waals surface area contributed by atoms with Gasteiger partial charge in [-0.15, -0.1) is 0 Å². The Labute approximate surface area is 120 Å². The number of phenols is 1. The van der Waals surface area contributed by atoms with E-state index in [1.54, 1.807) is 24.3 Å². The molecule has 0 fully saturated rings. The topological polar surface area (TPSA) is 37.3 Å². The zero-order valence-electron chi connectivity index (χ0n) is 10.2. The molecule has 0 saturated heterocycles. The lowest BCUT2D eigenvalue weighted by molar-refractivity contribution is -0.103.